The van der Waals surface area contributed by atoms with Gasteiger partial charge in [0.1, 0.15) is 5.75 Å². The van der Waals surface area contributed by atoms with Gasteiger partial charge >= 0.3 is 0 Å². The van der Waals surface area contributed by atoms with Crippen molar-refractivity contribution in [1.29, 1.82) is 0 Å². The molecule has 0 aliphatic rings. The van der Waals surface area contributed by atoms with Crippen molar-refractivity contribution in [1.82, 2.24) is 0 Å². The lowest BCUT2D eigenvalue weighted by atomic mass is 10.1. The Balaban J connectivity index is 2.16. The van der Waals surface area contributed by atoms with E-state index in [1.165, 1.54) is 5.56 Å². The summed E-state index contributed by atoms with van der Waals surface area (Å²) >= 11 is 6.17. The average Bonchev–Trinajstić information content (AvgIpc) is 2.53. The number of benzene rings is 2. The van der Waals surface area contributed by atoms with E-state index in [4.69, 9.17) is 16.3 Å². The van der Waals surface area contributed by atoms with Gasteiger partial charge in [0.15, 0.2) is 0 Å². The molecule has 4 heteroatoms. The van der Waals surface area contributed by atoms with E-state index in [1.807, 2.05) is 30.3 Å². The van der Waals surface area contributed by atoms with Crippen LogP contribution in [-0.4, -0.2) is 18.8 Å². The van der Waals surface area contributed by atoms with E-state index in [2.05, 4.69) is 24.0 Å². The Kier molecular flexibility index (Phi) is 5.48. The summed E-state index contributed by atoms with van der Waals surface area (Å²) in [6.07, 6.45) is 0. The summed E-state index contributed by atoms with van der Waals surface area (Å²) in [5, 5.41) is 9.78. The van der Waals surface area contributed by atoms with Gasteiger partial charge in [-0.3, -0.25) is 0 Å². The van der Waals surface area contributed by atoms with Crippen LogP contribution in [0.4, 0.5) is 5.69 Å². The molecule has 0 fully saturated rings. The van der Waals surface area contributed by atoms with Crippen LogP contribution in [-0.2, 0) is 13.2 Å². The van der Waals surface area contributed by atoms with Gasteiger partial charge in [0.25, 0.3) is 0 Å². The number of aliphatic hydroxyl groups is 1. The summed E-state index contributed by atoms with van der Waals surface area (Å²) in [5.74, 6) is 0.858. The zero-order chi connectivity index (χ0) is 15.2. The van der Waals surface area contributed by atoms with Gasteiger partial charge in [-0.15, -0.1) is 0 Å². The highest BCUT2D eigenvalue weighted by Gasteiger charge is 2.08. The fraction of sp³-hybridized carbons (Fsp3) is 0.294. The van der Waals surface area contributed by atoms with E-state index in [1.54, 1.807) is 7.11 Å². The number of methoxy groups -OCH3 is 1. The van der Waals surface area contributed by atoms with Gasteiger partial charge in [0.05, 0.1) is 13.7 Å². The van der Waals surface area contributed by atoms with Crippen LogP contribution in [0.5, 0.6) is 5.75 Å². The third kappa shape index (κ3) is 3.90. The molecule has 0 bridgehead atoms. The number of anilines is 1. The van der Waals surface area contributed by atoms with Crippen molar-refractivity contribution in [2.75, 3.05) is 18.6 Å². The van der Waals surface area contributed by atoms with Crippen LogP contribution in [0.15, 0.2) is 42.5 Å². The molecule has 2 aromatic carbocycles. The number of hydrogen-bond acceptors (Lipinski definition) is 3. The molecule has 2 aromatic rings. The number of hydrogen-bond donors (Lipinski definition) is 1. The lowest BCUT2D eigenvalue weighted by Gasteiger charge is -2.24. The molecule has 112 valence electrons. The first-order valence-electron chi connectivity index (χ1n) is 6.95. The normalized spacial score (nSPS) is 10.5. The first kappa shape index (κ1) is 15.7. The van der Waals surface area contributed by atoms with E-state index < -0.39 is 0 Å². The Morgan fingerprint density at radius 2 is 1.86 bits per heavy atom. The lowest BCUT2D eigenvalue weighted by molar-refractivity contribution is 0.282. The first-order chi connectivity index (χ1) is 10.2. The highest BCUT2D eigenvalue weighted by molar-refractivity contribution is 6.31. The molecular formula is C17H20ClNO2. The van der Waals surface area contributed by atoms with Crippen molar-refractivity contribution in [3.8, 4) is 5.75 Å². The maximum atomic E-state index is 9.18. The smallest absolute Gasteiger partial charge is 0.118 e. The topological polar surface area (TPSA) is 32.7 Å². The second kappa shape index (κ2) is 7.34. The van der Waals surface area contributed by atoms with Crippen LogP contribution in [0.25, 0.3) is 0 Å². The second-order valence-electron chi connectivity index (χ2n) is 4.80. The van der Waals surface area contributed by atoms with Gasteiger partial charge in [-0.1, -0.05) is 29.8 Å². The van der Waals surface area contributed by atoms with Gasteiger partial charge in [-0.25, -0.2) is 0 Å². The maximum Gasteiger partial charge on any atom is 0.118 e. The minimum absolute atomic E-state index is 0.0380. The zero-order valence-corrected chi connectivity index (χ0v) is 13.1. The van der Waals surface area contributed by atoms with E-state index in [0.717, 1.165) is 30.1 Å². The van der Waals surface area contributed by atoms with Crippen molar-refractivity contribution >= 4 is 17.3 Å². The quantitative estimate of drug-likeness (QED) is 0.879. The SMILES string of the molecule is CCN(Cc1ccc(OC)cc1)c1ccc(CO)c(Cl)c1. The summed E-state index contributed by atoms with van der Waals surface area (Å²) in [7, 11) is 1.66. The van der Waals surface area contributed by atoms with Crippen LogP contribution in [0.2, 0.25) is 5.02 Å². The van der Waals surface area contributed by atoms with Crippen LogP contribution in [0.3, 0.4) is 0 Å². The molecule has 0 atom stereocenters. The van der Waals surface area contributed by atoms with Gasteiger partial charge in [-0.2, -0.15) is 0 Å². The van der Waals surface area contributed by atoms with E-state index in [9.17, 15) is 5.11 Å². The fourth-order valence-electron chi connectivity index (χ4n) is 2.20. The molecule has 0 saturated heterocycles. The Morgan fingerprint density at radius 3 is 2.38 bits per heavy atom. The molecule has 0 aliphatic carbocycles. The number of aliphatic hydroxyl groups excluding tert-OH is 1. The Hall–Kier alpha value is -1.71. The molecule has 0 spiro atoms. The molecule has 3 nitrogen and oxygen atoms in total. The largest absolute Gasteiger partial charge is 0.497 e. The maximum absolute atomic E-state index is 9.18. The molecule has 0 unspecified atom stereocenters. The van der Waals surface area contributed by atoms with Crippen molar-refractivity contribution in [2.24, 2.45) is 0 Å². The van der Waals surface area contributed by atoms with E-state index in [0.29, 0.717) is 5.02 Å². The molecule has 0 radical (unpaired) electrons. The second-order valence-corrected chi connectivity index (χ2v) is 5.20. The highest BCUT2D eigenvalue weighted by Crippen LogP contribution is 2.25. The molecule has 1 N–H and O–H groups in total. The molecule has 0 aliphatic heterocycles. The third-order valence-corrected chi connectivity index (χ3v) is 3.84. The summed E-state index contributed by atoms with van der Waals surface area (Å²) in [6, 6.07) is 13.8. The minimum atomic E-state index is -0.0380. The summed E-state index contributed by atoms with van der Waals surface area (Å²) in [6.45, 7) is 3.75. The monoisotopic (exact) mass is 305 g/mol. The number of halogens is 1. The molecule has 0 amide bonds. The van der Waals surface area contributed by atoms with Crippen LogP contribution >= 0.6 is 11.6 Å². The molecule has 2 rings (SSSR count). The third-order valence-electron chi connectivity index (χ3n) is 3.49. The molecule has 0 aromatic heterocycles. The van der Waals surface area contributed by atoms with E-state index >= 15 is 0 Å². The summed E-state index contributed by atoms with van der Waals surface area (Å²) < 4.78 is 5.17. The Bertz CT molecular complexity index is 584. The summed E-state index contributed by atoms with van der Waals surface area (Å²) in [4.78, 5) is 2.23. The van der Waals surface area contributed by atoms with Crippen molar-refractivity contribution in [2.45, 2.75) is 20.1 Å². The standard InChI is InChI=1S/C17H20ClNO2/c1-3-19(11-13-4-8-16(21-2)9-5-13)15-7-6-14(12-20)17(18)10-15/h4-10,20H,3,11-12H2,1-2H3. The Labute approximate surface area is 130 Å². The predicted octanol–water partition coefficient (Wildman–Crippen LogP) is 3.87. The van der Waals surface area contributed by atoms with Gasteiger partial charge < -0.3 is 14.7 Å². The molecule has 0 saturated carbocycles. The van der Waals surface area contributed by atoms with Crippen LogP contribution in [0, 0.1) is 0 Å². The lowest BCUT2D eigenvalue weighted by Crippen LogP contribution is -2.22. The van der Waals surface area contributed by atoms with Crippen molar-refractivity contribution < 1.29 is 9.84 Å². The minimum Gasteiger partial charge on any atom is -0.497 e. The Morgan fingerprint density at radius 1 is 1.14 bits per heavy atom. The van der Waals surface area contributed by atoms with Crippen LogP contribution < -0.4 is 9.64 Å². The van der Waals surface area contributed by atoms with Gasteiger partial charge in [0.2, 0.25) is 0 Å². The van der Waals surface area contributed by atoms with Gasteiger partial charge in [-0.05, 0) is 42.3 Å². The highest BCUT2D eigenvalue weighted by atomic mass is 35.5. The molecule has 0 heterocycles. The van der Waals surface area contributed by atoms with Crippen molar-refractivity contribution in [3.05, 3.63) is 58.6 Å². The number of rotatable bonds is 6. The zero-order valence-electron chi connectivity index (χ0n) is 12.3. The number of nitrogens with zero attached hydrogens (tertiary/aromatic N) is 1. The fourth-order valence-corrected chi connectivity index (χ4v) is 2.43. The molecular weight excluding hydrogens is 286 g/mol. The first-order valence-corrected chi connectivity index (χ1v) is 7.33. The van der Waals surface area contributed by atoms with Crippen molar-refractivity contribution in [3.63, 3.8) is 0 Å². The van der Waals surface area contributed by atoms with Gasteiger partial charge in [0, 0.05) is 23.8 Å². The average molecular weight is 306 g/mol. The predicted molar refractivity (Wildman–Crippen MR) is 87.1 cm³/mol. The molecule has 21 heavy (non-hydrogen) atoms. The summed E-state index contributed by atoms with van der Waals surface area (Å²) in [5.41, 5.74) is 3.01. The van der Waals surface area contributed by atoms with Crippen LogP contribution in [0.1, 0.15) is 18.1 Å². The number of ether oxygens (including phenoxy) is 1. The van der Waals surface area contributed by atoms with E-state index in [-0.39, 0.29) is 6.61 Å².